The monoisotopic (exact) mass is 229 g/mol. The first-order chi connectivity index (χ1) is 8.26. The van der Waals surface area contributed by atoms with Crippen molar-refractivity contribution in [3.05, 3.63) is 29.8 Å². The van der Waals surface area contributed by atoms with Crippen LogP contribution in [-0.2, 0) is 0 Å². The van der Waals surface area contributed by atoms with Crippen LogP contribution in [0, 0.1) is 23.7 Å². The zero-order valence-electron chi connectivity index (χ0n) is 10.4. The zero-order valence-corrected chi connectivity index (χ0v) is 10.4. The molecule has 0 aromatic heterocycles. The first-order valence-electron chi connectivity index (χ1n) is 6.35. The quantitative estimate of drug-likeness (QED) is 0.788. The van der Waals surface area contributed by atoms with E-state index in [0.29, 0.717) is 6.61 Å². The van der Waals surface area contributed by atoms with Crippen LogP contribution in [0.5, 0.6) is 5.75 Å². The van der Waals surface area contributed by atoms with E-state index < -0.39 is 0 Å². The first kappa shape index (κ1) is 12.0. The van der Waals surface area contributed by atoms with Gasteiger partial charge in [0.1, 0.15) is 12.4 Å². The Morgan fingerprint density at radius 3 is 2.59 bits per heavy atom. The normalized spacial score (nSPS) is 18.4. The third kappa shape index (κ3) is 2.79. The molecule has 0 aliphatic heterocycles. The van der Waals surface area contributed by atoms with E-state index >= 15 is 0 Å². The van der Waals surface area contributed by atoms with E-state index in [-0.39, 0.29) is 5.41 Å². The van der Waals surface area contributed by atoms with Gasteiger partial charge in [-0.05, 0) is 31.4 Å². The molecule has 2 nitrogen and oxygen atoms in total. The van der Waals surface area contributed by atoms with Gasteiger partial charge in [0.15, 0.2) is 0 Å². The number of nitriles is 1. The number of para-hydroxylation sites is 1. The minimum Gasteiger partial charge on any atom is -0.492 e. The molecular weight excluding hydrogens is 210 g/mol. The van der Waals surface area contributed by atoms with Crippen molar-refractivity contribution in [2.45, 2.75) is 39.0 Å². The first-order valence-corrected chi connectivity index (χ1v) is 6.35. The molecule has 0 amide bonds. The molecule has 2 heteroatoms. The Morgan fingerprint density at radius 2 is 1.94 bits per heavy atom. The van der Waals surface area contributed by atoms with Gasteiger partial charge in [-0.15, -0.1) is 0 Å². The summed E-state index contributed by atoms with van der Waals surface area (Å²) in [6.45, 7) is 2.57. The second-order valence-electron chi connectivity index (χ2n) is 5.01. The lowest BCUT2D eigenvalue weighted by molar-refractivity contribution is 0.150. The lowest BCUT2D eigenvalue weighted by Crippen LogP contribution is -2.29. The fourth-order valence-electron chi connectivity index (χ4n) is 2.45. The van der Waals surface area contributed by atoms with Crippen LogP contribution in [0.3, 0.4) is 0 Å². The number of rotatable bonds is 3. The highest BCUT2D eigenvalue weighted by molar-refractivity contribution is 5.31. The topological polar surface area (TPSA) is 33.0 Å². The van der Waals surface area contributed by atoms with Crippen molar-refractivity contribution >= 4 is 0 Å². The average molecular weight is 229 g/mol. The van der Waals surface area contributed by atoms with Crippen LogP contribution in [0.15, 0.2) is 24.3 Å². The van der Waals surface area contributed by atoms with Crippen molar-refractivity contribution < 1.29 is 4.74 Å². The molecule has 0 unspecified atom stereocenters. The molecule has 1 aromatic carbocycles. The molecule has 2 rings (SSSR count). The summed E-state index contributed by atoms with van der Waals surface area (Å²) in [7, 11) is 0. The van der Waals surface area contributed by atoms with Gasteiger partial charge in [0, 0.05) is 0 Å². The van der Waals surface area contributed by atoms with Crippen LogP contribution in [0.25, 0.3) is 0 Å². The molecule has 1 aliphatic carbocycles. The summed E-state index contributed by atoms with van der Waals surface area (Å²) in [5, 5.41) is 9.36. The van der Waals surface area contributed by atoms with Crippen LogP contribution in [0.4, 0.5) is 0 Å². The van der Waals surface area contributed by atoms with E-state index in [2.05, 4.69) is 6.07 Å². The summed E-state index contributed by atoms with van der Waals surface area (Å²) in [6.07, 6.45) is 5.54. The summed E-state index contributed by atoms with van der Waals surface area (Å²) in [5.41, 5.74) is 0.886. The molecule has 0 heterocycles. The van der Waals surface area contributed by atoms with Gasteiger partial charge < -0.3 is 4.74 Å². The fourth-order valence-corrected chi connectivity index (χ4v) is 2.45. The largest absolute Gasteiger partial charge is 0.492 e. The molecule has 0 radical (unpaired) electrons. The number of ether oxygens (including phenoxy) is 1. The van der Waals surface area contributed by atoms with Gasteiger partial charge in [-0.2, -0.15) is 5.26 Å². The van der Waals surface area contributed by atoms with E-state index in [4.69, 9.17) is 4.74 Å². The van der Waals surface area contributed by atoms with Gasteiger partial charge in [0.2, 0.25) is 0 Å². The predicted molar refractivity (Wildman–Crippen MR) is 67.8 cm³/mol. The van der Waals surface area contributed by atoms with E-state index in [0.717, 1.165) is 37.0 Å². The predicted octanol–water partition coefficient (Wildman–Crippen LogP) is 3.85. The second-order valence-corrected chi connectivity index (χ2v) is 5.01. The van der Waals surface area contributed by atoms with E-state index in [1.165, 1.54) is 6.42 Å². The van der Waals surface area contributed by atoms with Gasteiger partial charge >= 0.3 is 0 Å². The highest BCUT2D eigenvalue weighted by atomic mass is 16.5. The van der Waals surface area contributed by atoms with Crippen molar-refractivity contribution in [3.63, 3.8) is 0 Å². The van der Waals surface area contributed by atoms with Crippen LogP contribution in [0.1, 0.15) is 37.7 Å². The Labute approximate surface area is 103 Å². The summed E-state index contributed by atoms with van der Waals surface area (Å²) in [6, 6.07) is 10.5. The molecule has 90 valence electrons. The highest BCUT2D eigenvalue weighted by Gasteiger charge is 2.33. The number of nitrogens with zero attached hydrogens (tertiary/aromatic N) is 1. The van der Waals surface area contributed by atoms with E-state index in [1.54, 1.807) is 0 Å². The standard InChI is InChI=1S/C15H19NO/c1-13-7-3-4-8-14(13)17-12-15(11-16)9-5-2-6-10-15/h3-4,7-8H,2,5-6,9-10,12H2,1H3. The molecule has 0 N–H and O–H groups in total. The zero-order chi connectivity index (χ0) is 12.1. The van der Waals surface area contributed by atoms with Crippen LogP contribution in [-0.4, -0.2) is 6.61 Å². The van der Waals surface area contributed by atoms with Crippen LogP contribution in [0.2, 0.25) is 0 Å². The lowest BCUT2D eigenvalue weighted by atomic mass is 9.76. The lowest BCUT2D eigenvalue weighted by Gasteiger charge is -2.30. The molecule has 0 atom stereocenters. The number of aryl methyl sites for hydroxylation is 1. The summed E-state index contributed by atoms with van der Waals surface area (Å²) < 4.78 is 5.85. The van der Waals surface area contributed by atoms with Gasteiger partial charge in [-0.1, -0.05) is 37.5 Å². The Morgan fingerprint density at radius 1 is 1.24 bits per heavy atom. The smallest absolute Gasteiger partial charge is 0.122 e. The van der Waals surface area contributed by atoms with Gasteiger partial charge in [0.05, 0.1) is 11.5 Å². The Bertz CT molecular complexity index is 413. The average Bonchev–Trinajstić information content (AvgIpc) is 2.39. The van der Waals surface area contributed by atoms with Crippen LogP contribution < -0.4 is 4.74 Å². The maximum atomic E-state index is 9.36. The molecule has 1 aromatic rings. The number of hydrogen-bond donors (Lipinski definition) is 0. The number of hydrogen-bond acceptors (Lipinski definition) is 2. The molecule has 1 aliphatic rings. The molecule has 0 saturated heterocycles. The fraction of sp³-hybridized carbons (Fsp3) is 0.533. The van der Waals surface area contributed by atoms with E-state index in [9.17, 15) is 5.26 Å². The molecule has 17 heavy (non-hydrogen) atoms. The van der Waals surface area contributed by atoms with Crippen LogP contribution >= 0.6 is 0 Å². The Hall–Kier alpha value is -1.49. The summed E-state index contributed by atoms with van der Waals surface area (Å²) >= 11 is 0. The minimum absolute atomic E-state index is 0.249. The van der Waals surface area contributed by atoms with Gasteiger partial charge in [-0.25, -0.2) is 0 Å². The molecule has 0 bridgehead atoms. The minimum atomic E-state index is -0.249. The molecule has 1 fully saturated rings. The van der Waals surface area contributed by atoms with Crippen molar-refractivity contribution in [1.29, 1.82) is 5.26 Å². The molecular formula is C15H19NO. The van der Waals surface area contributed by atoms with Crippen molar-refractivity contribution in [2.24, 2.45) is 5.41 Å². The van der Waals surface area contributed by atoms with Gasteiger partial charge in [0.25, 0.3) is 0 Å². The summed E-state index contributed by atoms with van der Waals surface area (Å²) in [5.74, 6) is 0.910. The molecule has 0 spiro atoms. The SMILES string of the molecule is Cc1ccccc1OCC1(C#N)CCCCC1. The number of benzene rings is 1. The summed E-state index contributed by atoms with van der Waals surface area (Å²) in [4.78, 5) is 0. The highest BCUT2D eigenvalue weighted by Crippen LogP contribution is 2.36. The third-order valence-corrected chi connectivity index (χ3v) is 3.65. The Kier molecular flexibility index (Phi) is 3.68. The second kappa shape index (κ2) is 5.23. The van der Waals surface area contributed by atoms with Crippen molar-refractivity contribution in [1.82, 2.24) is 0 Å². The van der Waals surface area contributed by atoms with Gasteiger partial charge in [-0.3, -0.25) is 0 Å². The maximum absolute atomic E-state index is 9.36. The van der Waals surface area contributed by atoms with Crippen molar-refractivity contribution in [3.8, 4) is 11.8 Å². The third-order valence-electron chi connectivity index (χ3n) is 3.65. The van der Waals surface area contributed by atoms with Crippen molar-refractivity contribution in [2.75, 3.05) is 6.61 Å². The maximum Gasteiger partial charge on any atom is 0.122 e. The van der Waals surface area contributed by atoms with E-state index in [1.807, 2.05) is 31.2 Å². The Balaban J connectivity index is 2.01. The molecule has 1 saturated carbocycles.